The number of aromatic nitrogens is 1. The smallest absolute Gasteiger partial charge is 0.307 e. The number of ether oxygens (including phenoxy) is 3. The Kier molecular flexibility index (Phi) is 7.30. The Hall–Kier alpha value is -3.33. The zero-order valence-electron chi connectivity index (χ0n) is 17.8. The molecule has 0 saturated heterocycles. The van der Waals surface area contributed by atoms with Crippen LogP contribution in [0, 0.1) is 13.8 Å². The molecule has 0 aliphatic carbocycles. The van der Waals surface area contributed by atoms with E-state index in [4.69, 9.17) is 18.7 Å². The van der Waals surface area contributed by atoms with Crippen molar-refractivity contribution in [3.63, 3.8) is 0 Å². The quantitative estimate of drug-likeness (QED) is 0.498. The molecule has 2 heterocycles. The SMILES string of the molecule is COC(=O)CC(NC(=O)c1ccc(OCc2c(C)noc2C)c(OC)c1)c1cccs1. The minimum Gasteiger partial charge on any atom is -0.493 e. The number of benzene rings is 1. The molecule has 0 radical (unpaired) electrons. The van der Waals surface area contributed by atoms with Crippen LogP contribution in [0.1, 0.15) is 44.7 Å². The number of nitrogens with zero attached hydrogens (tertiary/aromatic N) is 1. The van der Waals surface area contributed by atoms with Crippen molar-refractivity contribution >= 4 is 23.2 Å². The van der Waals surface area contributed by atoms with Crippen LogP contribution in [0.3, 0.4) is 0 Å². The van der Waals surface area contributed by atoms with Crippen molar-refractivity contribution < 1.29 is 28.3 Å². The molecule has 8 nitrogen and oxygen atoms in total. The van der Waals surface area contributed by atoms with Gasteiger partial charge in [-0.05, 0) is 43.5 Å². The van der Waals surface area contributed by atoms with Gasteiger partial charge >= 0.3 is 5.97 Å². The fourth-order valence-corrected chi connectivity index (χ4v) is 3.77. The zero-order valence-corrected chi connectivity index (χ0v) is 18.6. The van der Waals surface area contributed by atoms with Crippen LogP contribution in [0.15, 0.2) is 40.2 Å². The lowest BCUT2D eigenvalue weighted by Gasteiger charge is -2.17. The highest BCUT2D eigenvalue weighted by atomic mass is 32.1. The van der Waals surface area contributed by atoms with Gasteiger partial charge in [0.15, 0.2) is 11.5 Å². The molecule has 0 aliphatic heterocycles. The third kappa shape index (κ3) is 5.43. The summed E-state index contributed by atoms with van der Waals surface area (Å²) in [6, 6.07) is 8.16. The Labute approximate surface area is 184 Å². The van der Waals surface area contributed by atoms with E-state index in [1.807, 2.05) is 31.4 Å². The summed E-state index contributed by atoms with van der Waals surface area (Å²) >= 11 is 1.46. The Bertz CT molecular complexity index is 1020. The average molecular weight is 445 g/mol. The minimum atomic E-state index is -0.485. The molecule has 9 heteroatoms. The summed E-state index contributed by atoms with van der Waals surface area (Å²) in [5, 5.41) is 8.70. The van der Waals surface area contributed by atoms with Crippen LogP contribution < -0.4 is 14.8 Å². The van der Waals surface area contributed by atoms with Crippen molar-refractivity contribution in [3.05, 3.63) is 63.2 Å². The van der Waals surface area contributed by atoms with E-state index in [0.29, 0.717) is 22.8 Å². The highest BCUT2D eigenvalue weighted by Gasteiger charge is 2.21. The lowest BCUT2D eigenvalue weighted by atomic mass is 10.1. The van der Waals surface area contributed by atoms with Gasteiger partial charge in [0.2, 0.25) is 0 Å². The lowest BCUT2D eigenvalue weighted by Crippen LogP contribution is -2.30. The minimum absolute atomic E-state index is 0.0402. The molecular formula is C22H24N2O6S. The van der Waals surface area contributed by atoms with E-state index in [-0.39, 0.29) is 18.9 Å². The van der Waals surface area contributed by atoms with Gasteiger partial charge in [-0.15, -0.1) is 11.3 Å². The summed E-state index contributed by atoms with van der Waals surface area (Å²) in [5.41, 5.74) is 2.01. The van der Waals surface area contributed by atoms with Gasteiger partial charge in [0.25, 0.3) is 5.91 Å². The first-order chi connectivity index (χ1) is 14.9. The fourth-order valence-electron chi connectivity index (χ4n) is 2.99. The molecule has 3 rings (SSSR count). The van der Waals surface area contributed by atoms with E-state index in [9.17, 15) is 9.59 Å². The Morgan fingerprint density at radius 1 is 1.19 bits per heavy atom. The van der Waals surface area contributed by atoms with Crippen LogP contribution in [0.4, 0.5) is 0 Å². The molecule has 1 unspecified atom stereocenters. The van der Waals surface area contributed by atoms with Gasteiger partial charge in [-0.1, -0.05) is 11.2 Å². The number of amides is 1. The molecule has 1 aromatic carbocycles. The second-order valence-corrected chi connectivity index (χ2v) is 7.76. The van der Waals surface area contributed by atoms with Gasteiger partial charge in [-0.2, -0.15) is 0 Å². The molecular weight excluding hydrogens is 420 g/mol. The van der Waals surface area contributed by atoms with Crippen molar-refractivity contribution in [2.45, 2.75) is 32.9 Å². The van der Waals surface area contributed by atoms with E-state index in [0.717, 1.165) is 16.1 Å². The van der Waals surface area contributed by atoms with E-state index in [1.165, 1.54) is 25.6 Å². The molecule has 0 aliphatic rings. The van der Waals surface area contributed by atoms with E-state index < -0.39 is 12.0 Å². The molecule has 0 saturated carbocycles. The molecule has 31 heavy (non-hydrogen) atoms. The van der Waals surface area contributed by atoms with Gasteiger partial charge in [0.05, 0.1) is 37.9 Å². The van der Waals surface area contributed by atoms with E-state index in [1.54, 1.807) is 18.2 Å². The Balaban J connectivity index is 1.74. The number of aryl methyl sites for hydroxylation is 2. The van der Waals surface area contributed by atoms with Crippen LogP contribution in [0.5, 0.6) is 11.5 Å². The Morgan fingerprint density at radius 3 is 2.61 bits per heavy atom. The highest BCUT2D eigenvalue weighted by molar-refractivity contribution is 7.10. The molecule has 1 atom stereocenters. The van der Waals surface area contributed by atoms with Crippen LogP contribution in [0.2, 0.25) is 0 Å². The molecule has 1 N–H and O–H groups in total. The summed E-state index contributed by atoms with van der Waals surface area (Å²) in [7, 11) is 2.83. The summed E-state index contributed by atoms with van der Waals surface area (Å²) < 4.78 is 21.2. The number of methoxy groups -OCH3 is 2. The van der Waals surface area contributed by atoms with E-state index in [2.05, 4.69) is 10.5 Å². The standard InChI is InChI=1S/C22H24N2O6S/c1-13-16(14(2)30-24-13)12-29-18-8-7-15(10-19(18)27-3)22(26)23-17(11-21(25)28-4)20-6-5-9-31-20/h5-10,17H,11-12H2,1-4H3,(H,23,26). The van der Waals surface area contributed by atoms with Gasteiger partial charge in [-0.25, -0.2) is 0 Å². The normalized spacial score (nSPS) is 11.6. The van der Waals surface area contributed by atoms with Crippen LogP contribution >= 0.6 is 11.3 Å². The highest BCUT2D eigenvalue weighted by Crippen LogP contribution is 2.30. The molecule has 1 amide bonds. The molecule has 0 spiro atoms. The zero-order chi connectivity index (χ0) is 22.4. The van der Waals surface area contributed by atoms with Crippen molar-refractivity contribution in [1.29, 1.82) is 0 Å². The maximum Gasteiger partial charge on any atom is 0.307 e. The first-order valence-electron chi connectivity index (χ1n) is 9.56. The van der Waals surface area contributed by atoms with Crippen molar-refractivity contribution in [2.75, 3.05) is 14.2 Å². The van der Waals surface area contributed by atoms with Crippen molar-refractivity contribution in [3.8, 4) is 11.5 Å². The fraction of sp³-hybridized carbons (Fsp3) is 0.318. The van der Waals surface area contributed by atoms with Crippen molar-refractivity contribution in [1.82, 2.24) is 10.5 Å². The van der Waals surface area contributed by atoms with Gasteiger partial charge in [-0.3, -0.25) is 9.59 Å². The predicted molar refractivity (Wildman–Crippen MR) is 114 cm³/mol. The maximum absolute atomic E-state index is 12.9. The molecule has 0 bridgehead atoms. The summed E-state index contributed by atoms with van der Waals surface area (Å²) in [5.74, 6) is 0.860. The number of rotatable bonds is 9. The number of carbonyl (C=O) groups excluding carboxylic acids is 2. The first-order valence-corrected chi connectivity index (χ1v) is 10.4. The van der Waals surface area contributed by atoms with Crippen LogP contribution in [-0.4, -0.2) is 31.3 Å². The van der Waals surface area contributed by atoms with Crippen LogP contribution in [-0.2, 0) is 16.1 Å². The topological polar surface area (TPSA) is 99.9 Å². The number of hydrogen-bond acceptors (Lipinski definition) is 8. The summed E-state index contributed by atoms with van der Waals surface area (Å²) in [4.78, 5) is 25.5. The third-order valence-electron chi connectivity index (χ3n) is 4.77. The number of carbonyl (C=O) groups is 2. The average Bonchev–Trinajstić information content (AvgIpc) is 3.42. The largest absolute Gasteiger partial charge is 0.493 e. The van der Waals surface area contributed by atoms with Gasteiger partial charge in [0.1, 0.15) is 12.4 Å². The molecule has 0 fully saturated rings. The monoisotopic (exact) mass is 444 g/mol. The Morgan fingerprint density at radius 2 is 2.00 bits per heavy atom. The summed E-state index contributed by atoms with van der Waals surface area (Å²) in [6.07, 6.45) is 0.0402. The van der Waals surface area contributed by atoms with Gasteiger partial charge in [0, 0.05) is 10.4 Å². The number of esters is 1. The number of nitrogens with one attached hydrogen (secondary N) is 1. The second kappa shape index (κ2) is 10.1. The maximum atomic E-state index is 12.9. The molecule has 2 aromatic heterocycles. The van der Waals surface area contributed by atoms with Crippen molar-refractivity contribution in [2.24, 2.45) is 0 Å². The molecule has 164 valence electrons. The van der Waals surface area contributed by atoms with Crippen LogP contribution in [0.25, 0.3) is 0 Å². The van der Waals surface area contributed by atoms with Gasteiger partial charge < -0.3 is 24.1 Å². The predicted octanol–water partition coefficient (Wildman–Crippen LogP) is 3.97. The third-order valence-corrected chi connectivity index (χ3v) is 5.76. The number of hydrogen-bond donors (Lipinski definition) is 1. The second-order valence-electron chi connectivity index (χ2n) is 6.78. The number of thiophene rings is 1. The lowest BCUT2D eigenvalue weighted by molar-refractivity contribution is -0.141. The first kappa shape index (κ1) is 22.4. The molecule has 3 aromatic rings. The van der Waals surface area contributed by atoms with E-state index >= 15 is 0 Å². The summed E-state index contributed by atoms with van der Waals surface area (Å²) in [6.45, 7) is 3.93.